The van der Waals surface area contributed by atoms with Gasteiger partial charge < -0.3 is 20.1 Å². The minimum absolute atomic E-state index is 0.0563. The fourth-order valence-electron chi connectivity index (χ4n) is 7.93. The largest absolute Gasteiger partial charge is 0.472 e. The zero-order valence-electron chi connectivity index (χ0n) is 40.9. The lowest BCUT2D eigenvalue weighted by atomic mass is 10.0. The Morgan fingerprint density at radius 1 is 0.468 bits per heavy atom. The Morgan fingerprint density at radius 2 is 0.790 bits per heavy atom. The van der Waals surface area contributed by atoms with E-state index in [1.54, 1.807) is 0 Å². The van der Waals surface area contributed by atoms with Gasteiger partial charge in [0.2, 0.25) is 0 Å². The average molecular weight is 900 g/mol. The molecule has 0 aromatic heterocycles. The summed E-state index contributed by atoms with van der Waals surface area (Å²) in [5, 5.41) is 0. The second-order valence-electron chi connectivity index (χ2n) is 18.1. The van der Waals surface area contributed by atoms with E-state index in [4.69, 9.17) is 24.3 Å². The standard InChI is InChI=1S/C52H102NO8P/c1-3-5-7-9-11-13-15-17-19-21-23-24-25-27-28-30-32-34-36-38-40-42-44-51(54)58-48-50(49-60-62(56,57)59-47-46-53)61-52(55)45-43-41-39-37-35-33-31-29-26-22-20-18-16-14-12-10-8-6-4-2/h18,20,50H,3-17,19,21-49,53H2,1-2H3,(H,56,57)/b20-18+/t50-/m1/s1. The Bertz CT molecular complexity index is 1030. The molecule has 0 fully saturated rings. The van der Waals surface area contributed by atoms with Crippen LogP contribution in [0.4, 0.5) is 0 Å². The van der Waals surface area contributed by atoms with E-state index >= 15 is 0 Å². The molecule has 2 atom stereocenters. The Balaban J connectivity index is 3.98. The van der Waals surface area contributed by atoms with Crippen molar-refractivity contribution in [2.24, 2.45) is 5.73 Å². The van der Waals surface area contributed by atoms with Gasteiger partial charge >= 0.3 is 19.8 Å². The number of ether oxygens (including phenoxy) is 2. The monoisotopic (exact) mass is 900 g/mol. The number of rotatable bonds is 51. The van der Waals surface area contributed by atoms with Gasteiger partial charge in [0.15, 0.2) is 6.10 Å². The minimum atomic E-state index is -4.38. The highest BCUT2D eigenvalue weighted by Crippen LogP contribution is 2.43. The molecule has 0 saturated heterocycles. The second-order valence-corrected chi connectivity index (χ2v) is 19.6. The van der Waals surface area contributed by atoms with Crippen LogP contribution in [0.25, 0.3) is 0 Å². The summed E-state index contributed by atoms with van der Waals surface area (Å²) in [6.07, 6.45) is 54.0. The molecule has 0 aromatic carbocycles. The first-order chi connectivity index (χ1) is 30.3. The lowest BCUT2D eigenvalue weighted by Gasteiger charge is -2.19. The first-order valence-corrected chi connectivity index (χ1v) is 28.2. The number of esters is 2. The third kappa shape index (κ3) is 48.2. The Morgan fingerprint density at radius 3 is 1.15 bits per heavy atom. The fourth-order valence-corrected chi connectivity index (χ4v) is 8.69. The lowest BCUT2D eigenvalue weighted by Crippen LogP contribution is -2.29. The minimum Gasteiger partial charge on any atom is -0.462 e. The van der Waals surface area contributed by atoms with Crippen molar-refractivity contribution < 1.29 is 37.6 Å². The first kappa shape index (κ1) is 60.8. The molecule has 9 nitrogen and oxygen atoms in total. The summed E-state index contributed by atoms with van der Waals surface area (Å²) >= 11 is 0. The molecular weight excluding hydrogens is 798 g/mol. The highest BCUT2D eigenvalue weighted by Gasteiger charge is 2.26. The van der Waals surface area contributed by atoms with E-state index in [2.05, 4.69) is 26.0 Å². The number of hydrogen-bond acceptors (Lipinski definition) is 8. The predicted octanol–water partition coefficient (Wildman–Crippen LogP) is 16.1. The molecule has 0 heterocycles. The summed E-state index contributed by atoms with van der Waals surface area (Å²) < 4.78 is 33.0. The van der Waals surface area contributed by atoms with Crippen LogP contribution < -0.4 is 5.73 Å². The number of hydrogen-bond donors (Lipinski definition) is 2. The molecule has 0 radical (unpaired) electrons. The van der Waals surface area contributed by atoms with Gasteiger partial charge in [-0.2, -0.15) is 0 Å². The van der Waals surface area contributed by atoms with Gasteiger partial charge in [0.1, 0.15) is 6.61 Å². The van der Waals surface area contributed by atoms with E-state index in [0.717, 1.165) is 38.5 Å². The fraction of sp³-hybridized carbons (Fsp3) is 0.923. The van der Waals surface area contributed by atoms with E-state index in [1.807, 2.05) is 0 Å². The normalized spacial score (nSPS) is 13.2. The first-order valence-electron chi connectivity index (χ1n) is 26.7. The van der Waals surface area contributed by atoms with Crippen molar-refractivity contribution in [3.63, 3.8) is 0 Å². The topological polar surface area (TPSA) is 134 Å². The molecule has 0 rings (SSSR count). The van der Waals surface area contributed by atoms with Crippen LogP contribution in [0, 0.1) is 0 Å². The van der Waals surface area contributed by atoms with Crippen molar-refractivity contribution in [2.75, 3.05) is 26.4 Å². The van der Waals surface area contributed by atoms with Crippen LogP contribution in [0.3, 0.4) is 0 Å². The van der Waals surface area contributed by atoms with Gasteiger partial charge in [0.25, 0.3) is 0 Å². The molecule has 3 N–H and O–H groups in total. The van der Waals surface area contributed by atoms with Crippen LogP contribution >= 0.6 is 7.82 Å². The predicted molar refractivity (Wildman–Crippen MR) is 261 cm³/mol. The van der Waals surface area contributed by atoms with Gasteiger partial charge in [-0.05, 0) is 38.5 Å². The van der Waals surface area contributed by atoms with Crippen molar-refractivity contribution in [3.05, 3.63) is 12.2 Å². The van der Waals surface area contributed by atoms with Gasteiger partial charge in [0.05, 0.1) is 13.2 Å². The van der Waals surface area contributed by atoms with Crippen molar-refractivity contribution >= 4 is 19.8 Å². The van der Waals surface area contributed by atoms with Gasteiger partial charge in [-0.25, -0.2) is 4.57 Å². The number of nitrogens with two attached hydrogens (primary N) is 1. The van der Waals surface area contributed by atoms with Crippen molar-refractivity contribution in [2.45, 2.75) is 283 Å². The highest BCUT2D eigenvalue weighted by atomic mass is 31.2. The lowest BCUT2D eigenvalue weighted by molar-refractivity contribution is -0.161. The summed E-state index contributed by atoms with van der Waals surface area (Å²) in [6, 6.07) is 0. The molecule has 0 aliphatic carbocycles. The third-order valence-corrected chi connectivity index (χ3v) is 12.9. The maximum absolute atomic E-state index is 12.7. The molecule has 0 amide bonds. The third-order valence-electron chi connectivity index (χ3n) is 11.9. The Kier molecular flexibility index (Phi) is 48.2. The zero-order chi connectivity index (χ0) is 45.3. The number of phosphoric ester groups is 1. The summed E-state index contributed by atoms with van der Waals surface area (Å²) in [7, 11) is -4.38. The van der Waals surface area contributed by atoms with E-state index < -0.39 is 26.5 Å². The molecule has 0 aliphatic heterocycles. The number of unbranched alkanes of at least 4 members (excludes halogenated alkanes) is 36. The van der Waals surface area contributed by atoms with E-state index in [0.29, 0.717) is 6.42 Å². The van der Waals surface area contributed by atoms with Gasteiger partial charge in [-0.1, -0.05) is 238 Å². The van der Waals surface area contributed by atoms with Crippen LogP contribution in [-0.2, 0) is 32.7 Å². The molecule has 62 heavy (non-hydrogen) atoms. The number of allylic oxidation sites excluding steroid dienone is 2. The molecule has 0 bridgehead atoms. The van der Waals surface area contributed by atoms with Crippen molar-refractivity contribution in [3.8, 4) is 0 Å². The number of phosphoric acid groups is 1. The number of carbonyl (C=O) groups excluding carboxylic acids is 2. The van der Waals surface area contributed by atoms with Gasteiger partial charge in [-0.3, -0.25) is 18.6 Å². The molecule has 10 heteroatoms. The van der Waals surface area contributed by atoms with Crippen LogP contribution in [0.5, 0.6) is 0 Å². The van der Waals surface area contributed by atoms with E-state index in [-0.39, 0.29) is 38.6 Å². The highest BCUT2D eigenvalue weighted by molar-refractivity contribution is 7.47. The second kappa shape index (κ2) is 49.2. The smallest absolute Gasteiger partial charge is 0.462 e. The molecule has 0 aromatic rings. The zero-order valence-corrected chi connectivity index (χ0v) is 41.8. The molecule has 368 valence electrons. The van der Waals surface area contributed by atoms with Gasteiger partial charge in [0, 0.05) is 19.4 Å². The molecule has 1 unspecified atom stereocenters. The van der Waals surface area contributed by atoms with Crippen LogP contribution in [-0.4, -0.2) is 49.3 Å². The van der Waals surface area contributed by atoms with E-state index in [1.165, 1.54) is 205 Å². The van der Waals surface area contributed by atoms with E-state index in [9.17, 15) is 19.0 Å². The maximum Gasteiger partial charge on any atom is 0.472 e. The Hall–Kier alpha value is -1.25. The Labute approximate surface area is 383 Å². The molecular formula is C52H102NO8P. The molecule has 0 aliphatic rings. The summed E-state index contributed by atoms with van der Waals surface area (Å²) in [5.41, 5.74) is 5.37. The molecule has 0 spiro atoms. The summed E-state index contributed by atoms with van der Waals surface area (Å²) in [5.74, 6) is -0.813. The van der Waals surface area contributed by atoms with Crippen molar-refractivity contribution in [1.29, 1.82) is 0 Å². The maximum atomic E-state index is 12.7. The quantitative estimate of drug-likeness (QED) is 0.0265. The SMILES string of the molecule is CCCCCCCC/C=C/CCCCCCCCCCCC(=O)O[C@H](COC(=O)CCCCCCCCCCCCCCCCCCCCCCCC)COP(=O)(O)OCCN. The molecule has 0 saturated carbocycles. The summed E-state index contributed by atoms with van der Waals surface area (Å²) in [4.78, 5) is 35.1. The van der Waals surface area contributed by atoms with Crippen molar-refractivity contribution in [1.82, 2.24) is 0 Å². The van der Waals surface area contributed by atoms with Crippen LogP contribution in [0.1, 0.15) is 277 Å². The average Bonchev–Trinajstić information content (AvgIpc) is 3.26. The summed E-state index contributed by atoms with van der Waals surface area (Å²) in [6.45, 7) is 3.79. The van der Waals surface area contributed by atoms with Gasteiger partial charge in [-0.15, -0.1) is 0 Å². The van der Waals surface area contributed by atoms with Crippen LogP contribution in [0.15, 0.2) is 12.2 Å². The van der Waals surface area contributed by atoms with Crippen LogP contribution in [0.2, 0.25) is 0 Å². The number of carbonyl (C=O) groups is 2.